The van der Waals surface area contributed by atoms with Crippen molar-refractivity contribution in [2.24, 2.45) is 11.7 Å². The monoisotopic (exact) mass is 519 g/mol. The van der Waals surface area contributed by atoms with Gasteiger partial charge in [0.2, 0.25) is 17.7 Å². The van der Waals surface area contributed by atoms with Crippen LogP contribution in [0.2, 0.25) is 0 Å². The van der Waals surface area contributed by atoms with Crippen molar-refractivity contribution in [3.63, 3.8) is 0 Å². The predicted octanol–water partition coefficient (Wildman–Crippen LogP) is -0.616. The van der Waals surface area contributed by atoms with Gasteiger partial charge >= 0.3 is 5.97 Å². The van der Waals surface area contributed by atoms with Gasteiger partial charge in [0, 0.05) is 23.5 Å². The second-order valence-corrected chi connectivity index (χ2v) is 9.65. The van der Waals surface area contributed by atoms with E-state index >= 15 is 0 Å². The molecule has 2 aromatic rings. The Bertz CT molecular complexity index is 1100. The highest BCUT2D eigenvalue weighted by molar-refractivity contribution is 5.95. The van der Waals surface area contributed by atoms with Crippen LogP contribution in [-0.2, 0) is 25.6 Å². The Hall–Kier alpha value is -3.48. The lowest BCUT2D eigenvalue weighted by atomic mass is 10.0. The zero-order valence-corrected chi connectivity index (χ0v) is 21.4. The van der Waals surface area contributed by atoms with Gasteiger partial charge in [-0.2, -0.15) is 0 Å². The molecule has 12 nitrogen and oxygen atoms in total. The third-order valence-electron chi connectivity index (χ3n) is 5.94. The second kappa shape index (κ2) is 13.2. The van der Waals surface area contributed by atoms with Gasteiger partial charge in [-0.25, -0.2) is 4.79 Å². The quantitative estimate of drug-likeness (QED) is 0.171. The van der Waals surface area contributed by atoms with Gasteiger partial charge in [0.05, 0.1) is 12.2 Å². The van der Waals surface area contributed by atoms with E-state index in [2.05, 4.69) is 20.9 Å². The van der Waals surface area contributed by atoms with E-state index in [-0.39, 0.29) is 18.8 Å². The maximum atomic E-state index is 13.2. The van der Waals surface area contributed by atoms with E-state index in [1.165, 1.54) is 13.8 Å². The Labute approximate surface area is 215 Å². The molecular weight excluding hydrogens is 482 g/mol. The van der Waals surface area contributed by atoms with Crippen LogP contribution in [0.5, 0.6) is 0 Å². The number of H-pyrrole nitrogens is 1. The molecule has 6 atom stereocenters. The summed E-state index contributed by atoms with van der Waals surface area (Å²) in [5, 5.41) is 37.4. The van der Waals surface area contributed by atoms with E-state index < -0.39 is 60.1 Å². The molecule has 3 amide bonds. The topological polar surface area (TPSA) is 207 Å². The summed E-state index contributed by atoms with van der Waals surface area (Å²) in [6.45, 7) is 6.22. The van der Waals surface area contributed by atoms with E-state index in [4.69, 9.17) is 5.73 Å². The zero-order valence-electron chi connectivity index (χ0n) is 21.4. The van der Waals surface area contributed by atoms with Crippen LogP contribution in [0.25, 0.3) is 10.9 Å². The molecule has 0 aliphatic carbocycles. The number of aromatic nitrogens is 1. The molecule has 1 aromatic heterocycles. The smallest absolute Gasteiger partial charge is 0.326 e. The molecule has 0 bridgehead atoms. The fraction of sp³-hybridized carbons (Fsp3) is 0.520. The fourth-order valence-electron chi connectivity index (χ4n) is 3.83. The minimum absolute atomic E-state index is 0.00324. The van der Waals surface area contributed by atoms with Crippen LogP contribution in [0.1, 0.15) is 39.7 Å². The summed E-state index contributed by atoms with van der Waals surface area (Å²) in [6.07, 6.45) is -0.696. The first-order valence-corrected chi connectivity index (χ1v) is 12.1. The van der Waals surface area contributed by atoms with E-state index in [1.54, 1.807) is 6.20 Å². The number of fused-ring (bicyclic) bond motifs is 1. The largest absolute Gasteiger partial charge is 0.480 e. The molecule has 0 radical (unpaired) electrons. The fourth-order valence-corrected chi connectivity index (χ4v) is 3.83. The first-order valence-electron chi connectivity index (χ1n) is 12.1. The van der Waals surface area contributed by atoms with Crippen LogP contribution >= 0.6 is 0 Å². The highest BCUT2D eigenvalue weighted by Gasteiger charge is 2.33. The number of aliphatic hydroxyl groups is 2. The summed E-state index contributed by atoms with van der Waals surface area (Å²) >= 11 is 0. The van der Waals surface area contributed by atoms with Crippen LogP contribution in [0.15, 0.2) is 30.5 Å². The average molecular weight is 520 g/mol. The van der Waals surface area contributed by atoms with Crippen molar-refractivity contribution in [3.8, 4) is 0 Å². The number of hydrogen-bond acceptors (Lipinski definition) is 7. The number of amides is 3. The molecule has 2 rings (SSSR count). The number of aliphatic carboxylic acids is 1. The third kappa shape index (κ3) is 8.27. The number of carbonyl (C=O) groups is 4. The number of nitrogens with two attached hydrogens (primary N) is 1. The van der Waals surface area contributed by atoms with Crippen molar-refractivity contribution in [1.29, 1.82) is 0 Å². The number of hydrogen-bond donors (Lipinski definition) is 8. The number of benzene rings is 1. The maximum absolute atomic E-state index is 13.2. The minimum Gasteiger partial charge on any atom is -0.480 e. The molecule has 9 N–H and O–H groups in total. The Morgan fingerprint density at radius 3 is 2.08 bits per heavy atom. The van der Waals surface area contributed by atoms with Gasteiger partial charge in [-0.15, -0.1) is 0 Å². The molecule has 0 spiro atoms. The molecule has 0 aliphatic rings. The summed E-state index contributed by atoms with van der Waals surface area (Å²) in [7, 11) is 0. The van der Waals surface area contributed by atoms with Crippen LogP contribution in [0, 0.1) is 5.92 Å². The second-order valence-electron chi connectivity index (χ2n) is 9.65. The summed E-state index contributed by atoms with van der Waals surface area (Å²) < 4.78 is 0. The predicted molar refractivity (Wildman–Crippen MR) is 136 cm³/mol. The van der Waals surface area contributed by atoms with Crippen molar-refractivity contribution < 1.29 is 34.5 Å². The molecule has 204 valence electrons. The molecule has 0 saturated carbocycles. The van der Waals surface area contributed by atoms with Crippen LogP contribution < -0.4 is 21.7 Å². The molecule has 12 heteroatoms. The zero-order chi connectivity index (χ0) is 27.9. The lowest BCUT2D eigenvalue weighted by Crippen LogP contribution is -2.61. The number of carboxylic acids is 1. The van der Waals surface area contributed by atoms with Gasteiger partial charge in [-0.05, 0) is 37.8 Å². The Morgan fingerprint density at radius 1 is 0.892 bits per heavy atom. The van der Waals surface area contributed by atoms with Gasteiger partial charge in [-0.1, -0.05) is 32.0 Å². The van der Waals surface area contributed by atoms with E-state index in [0.717, 1.165) is 10.9 Å². The van der Waals surface area contributed by atoms with Crippen LogP contribution in [0.4, 0.5) is 0 Å². The highest BCUT2D eigenvalue weighted by Crippen LogP contribution is 2.19. The van der Waals surface area contributed by atoms with Crippen molar-refractivity contribution in [1.82, 2.24) is 20.9 Å². The van der Waals surface area contributed by atoms with Crippen LogP contribution in [0.3, 0.4) is 0 Å². The number of aliphatic hydroxyl groups excluding tert-OH is 2. The van der Waals surface area contributed by atoms with E-state index in [9.17, 15) is 34.5 Å². The average Bonchev–Trinajstić information content (AvgIpc) is 3.22. The van der Waals surface area contributed by atoms with Gasteiger partial charge < -0.3 is 42.0 Å². The summed E-state index contributed by atoms with van der Waals surface area (Å²) in [4.78, 5) is 53.5. The van der Waals surface area contributed by atoms with Gasteiger partial charge in [0.1, 0.15) is 24.2 Å². The number of carbonyl (C=O) groups excluding carboxylic acids is 3. The molecule has 6 unspecified atom stereocenters. The third-order valence-corrected chi connectivity index (χ3v) is 5.94. The van der Waals surface area contributed by atoms with Gasteiger partial charge in [-0.3, -0.25) is 14.4 Å². The standard InChI is InChI=1S/C25H37N5O7/c1-12(2)9-19(25(36)37)29-22(33)18(10-15-11-27-17-8-6-5-7-16(15)17)28-24(35)21(14(4)32)30-23(34)20(26)13(3)31/h5-8,11-14,18-21,27,31-32H,9-10,26H2,1-4H3,(H,28,35)(H,29,33)(H,30,34)(H,36,37). The maximum Gasteiger partial charge on any atom is 0.326 e. The highest BCUT2D eigenvalue weighted by atomic mass is 16.4. The molecule has 0 saturated heterocycles. The lowest BCUT2D eigenvalue weighted by molar-refractivity contribution is -0.143. The van der Waals surface area contributed by atoms with Crippen molar-refractivity contribution >= 4 is 34.6 Å². The molecule has 0 aliphatic heterocycles. The summed E-state index contributed by atoms with van der Waals surface area (Å²) in [6, 6.07) is 2.11. The molecule has 0 fully saturated rings. The Morgan fingerprint density at radius 2 is 1.51 bits per heavy atom. The Kier molecular flexibility index (Phi) is 10.6. The van der Waals surface area contributed by atoms with E-state index in [1.807, 2.05) is 38.1 Å². The Balaban J connectivity index is 2.32. The first kappa shape index (κ1) is 29.7. The number of nitrogens with one attached hydrogen (secondary N) is 4. The van der Waals surface area contributed by atoms with Crippen molar-refractivity contribution in [2.45, 2.75) is 76.9 Å². The number of aromatic amines is 1. The normalized spacial score (nSPS) is 16.3. The first-order chi connectivity index (χ1) is 17.3. The SMILES string of the molecule is CC(C)CC(NC(=O)C(Cc1c[nH]c2ccccc12)NC(=O)C(NC(=O)C(N)C(C)O)C(C)O)C(=O)O. The minimum atomic E-state index is -1.48. The van der Waals surface area contributed by atoms with Crippen LogP contribution in [-0.4, -0.2) is 80.4 Å². The number of para-hydroxylation sites is 1. The number of carboxylic acid groups (broad SMARTS) is 1. The molecule has 37 heavy (non-hydrogen) atoms. The summed E-state index contributed by atoms with van der Waals surface area (Å²) in [5.41, 5.74) is 7.13. The van der Waals surface area contributed by atoms with Crippen molar-refractivity contribution in [3.05, 3.63) is 36.0 Å². The van der Waals surface area contributed by atoms with Crippen molar-refractivity contribution in [2.75, 3.05) is 0 Å². The molecule has 1 heterocycles. The van der Waals surface area contributed by atoms with Gasteiger partial charge in [0.15, 0.2) is 0 Å². The van der Waals surface area contributed by atoms with E-state index in [0.29, 0.717) is 5.56 Å². The molecule has 1 aromatic carbocycles. The molecular formula is C25H37N5O7. The lowest BCUT2D eigenvalue weighted by Gasteiger charge is -2.27. The van der Waals surface area contributed by atoms with Gasteiger partial charge in [0.25, 0.3) is 0 Å². The summed E-state index contributed by atoms with van der Waals surface area (Å²) in [5.74, 6) is -3.70. The number of rotatable bonds is 13.